The van der Waals surface area contributed by atoms with Crippen LogP contribution in [0.25, 0.3) is 0 Å². The largest absolute Gasteiger partial charge is 0.356 e. The normalized spacial score (nSPS) is 15.7. The van der Waals surface area contributed by atoms with Gasteiger partial charge >= 0.3 is 0 Å². The third-order valence-corrected chi connectivity index (χ3v) is 1.28. The molecule has 0 aromatic heterocycles. The van der Waals surface area contributed by atoms with Gasteiger partial charge in [-0.25, -0.2) is 0 Å². The van der Waals surface area contributed by atoms with Crippen LogP contribution in [0, 0.1) is 0 Å². The fraction of sp³-hybridized carbons (Fsp3) is 1.00. The Morgan fingerprint density at radius 1 is 1.44 bits per heavy atom. The van der Waals surface area contributed by atoms with Crippen molar-refractivity contribution in [2.24, 2.45) is 0 Å². The molecule has 9 heavy (non-hydrogen) atoms. The molecule has 56 valence electrons. The molecule has 1 unspecified atom stereocenters. The first-order valence-corrected chi connectivity index (χ1v) is 3.80. The molecule has 3 heteroatoms. The van der Waals surface area contributed by atoms with Gasteiger partial charge in [0.15, 0.2) is 0 Å². The van der Waals surface area contributed by atoms with Gasteiger partial charge in [0.2, 0.25) is 0 Å². The molecule has 0 N–H and O–H groups in total. The summed E-state index contributed by atoms with van der Waals surface area (Å²) in [5.74, 6) is 0.332. The minimum Gasteiger partial charge on any atom is -0.356 e. The molecule has 1 nitrogen and oxygen atoms in total. The highest BCUT2D eigenvalue weighted by Crippen LogP contribution is 2.13. The summed E-state index contributed by atoms with van der Waals surface area (Å²) in [5.41, 5.74) is -0.562. The SMILES string of the molecule is CC(C)(C)OC(Cl)CCl. The Labute approximate surface area is 66.3 Å². The Bertz CT molecular complexity index is 77.6. The molecule has 1 atom stereocenters. The van der Waals surface area contributed by atoms with E-state index < -0.39 is 0 Å². The molecule has 0 aromatic carbocycles. The Hall–Kier alpha value is 0.540. The monoisotopic (exact) mass is 170 g/mol. The van der Waals surface area contributed by atoms with E-state index in [1.807, 2.05) is 20.8 Å². The van der Waals surface area contributed by atoms with E-state index in [1.165, 1.54) is 0 Å². The summed E-state index contributed by atoms with van der Waals surface area (Å²) in [6.45, 7) is 5.82. The van der Waals surface area contributed by atoms with Crippen molar-refractivity contribution in [1.29, 1.82) is 0 Å². The predicted molar refractivity (Wildman–Crippen MR) is 41.2 cm³/mol. The van der Waals surface area contributed by atoms with Crippen molar-refractivity contribution in [2.45, 2.75) is 31.9 Å². The van der Waals surface area contributed by atoms with Crippen molar-refractivity contribution >= 4 is 23.2 Å². The lowest BCUT2D eigenvalue weighted by Gasteiger charge is -2.21. The molecule has 0 aliphatic heterocycles. The highest BCUT2D eigenvalue weighted by Gasteiger charge is 2.14. The van der Waals surface area contributed by atoms with Gasteiger partial charge in [-0.15, -0.1) is 11.6 Å². The van der Waals surface area contributed by atoms with Gasteiger partial charge in [-0.2, -0.15) is 0 Å². The summed E-state index contributed by atoms with van der Waals surface area (Å²) < 4.78 is 5.22. The molecule has 0 aliphatic carbocycles. The zero-order valence-electron chi connectivity index (χ0n) is 5.95. The minimum absolute atomic E-state index is 0.193. The van der Waals surface area contributed by atoms with Gasteiger partial charge in [-0.05, 0) is 20.8 Å². The van der Waals surface area contributed by atoms with Gasteiger partial charge in [0.1, 0.15) is 5.56 Å². The topological polar surface area (TPSA) is 9.23 Å². The molecular formula is C6H12Cl2O. The third-order valence-electron chi connectivity index (χ3n) is 0.603. The molecule has 0 rings (SSSR count). The molecule has 0 saturated heterocycles. The number of hydrogen-bond donors (Lipinski definition) is 0. The van der Waals surface area contributed by atoms with Gasteiger partial charge in [-0.1, -0.05) is 11.6 Å². The Balaban J connectivity index is 3.47. The van der Waals surface area contributed by atoms with Crippen molar-refractivity contribution in [3.63, 3.8) is 0 Å². The number of alkyl halides is 2. The van der Waals surface area contributed by atoms with Crippen LogP contribution in [0.2, 0.25) is 0 Å². The fourth-order valence-electron chi connectivity index (χ4n) is 0.415. The van der Waals surface area contributed by atoms with Gasteiger partial charge in [0.05, 0.1) is 11.5 Å². The summed E-state index contributed by atoms with van der Waals surface area (Å²) in [6, 6.07) is 0. The molecule has 0 spiro atoms. The van der Waals surface area contributed by atoms with Crippen LogP contribution in [-0.2, 0) is 4.74 Å². The number of ether oxygens (including phenoxy) is 1. The van der Waals surface area contributed by atoms with Crippen LogP contribution in [0.1, 0.15) is 20.8 Å². The fourth-order valence-corrected chi connectivity index (χ4v) is 0.745. The van der Waals surface area contributed by atoms with E-state index in [2.05, 4.69) is 0 Å². The van der Waals surface area contributed by atoms with Crippen molar-refractivity contribution in [1.82, 2.24) is 0 Å². The molecule has 0 heterocycles. The average Bonchev–Trinajstić information content (AvgIpc) is 1.62. The van der Waals surface area contributed by atoms with Crippen LogP contribution in [0.15, 0.2) is 0 Å². The van der Waals surface area contributed by atoms with Crippen LogP contribution in [-0.4, -0.2) is 17.0 Å². The second-order valence-electron chi connectivity index (χ2n) is 2.79. The number of hydrogen-bond acceptors (Lipinski definition) is 1. The maximum atomic E-state index is 5.60. The van der Waals surface area contributed by atoms with Crippen molar-refractivity contribution in [2.75, 3.05) is 5.88 Å². The first-order chi connectivity index (χ1) is 3.95. The Kier molecular flexibility index (Phi) is 3.86. The van der Waals surface area contributed by atoms with E-state index in [9.17, 15) is 0 Å². The molecule has 0 aromatic rings. The molecule has 0 fully saturated rings. The van der Waals surface area contributed by atoms with Gasteiger partial charge in [0.25, 0.3) is 0 Å². The van der Waals surface area contributed by atoms with E-state index >= 15 is 0 Å². The van der Waals surface area contributed by atoms with E-state index in [-0.39, 0.29) is 11.2 Å². The summed E-state index contributed by atoms with van der Waals surface area (Å²) in [7, 11) is 0. The lowest BCUT2D eigenvalue weighted by atomic mass is 10.2. The lowest BCUT2D eigenvalue weighted by Crippen LogP contribution is -2.24. The molecular weight excluding hydrogens is 159 g/mol. The Morgan fingerprint density at radius 3 is 2.00 bits per heavy atom. The van der Waals surface area contributed by atoms with Crippen LogP contribution >= 0.6 is 23.2 Å². The van der Waals surface area contributed by atoms with Crippen LogP contribution in [0.5, 0.6) is 0 Å². The highest BCUT2D eigenvalue weighted by atomic mass is 35.5. The summed E-state index contributed by atoms with van der Waals surface area (Å²) in [5, 5.41) is 0. The second-order valence-corrected chi connectivity index (χ2v) is 3.59. The maximum Gasteiger partial charge on any atom is 0.145 e. The summed E-state index contributed by atoms with van der Waals surface area (Å²) >= 11 is 11.0. The Morgan fingerprint density at radius 2 is 1.89 bits per heavy atom. The first kappa shape index (κ1) is 9.54. The van der Waals surface area contributed by atoms with Gasteiger partial charge < -0.3 is 4.74 Å². The van der Waals surface area contributed by atoms with E-state index in [0.29, 0.717) is 5.88 Å². The first-order valence-electron chi connectivity index (χ1n) is 2.83. The zero-order valence-corrected chi connectivity index (χ0v) is 7.46. The zero-order chi connectivity index (χ0) is 7.49. The van der Waals surface area contributed by atoms with E-state index in [1.54, 1.807) is 0 Å². The van der Waals surface area contributed by atoms with E-state index in [4.69, 9.17) is 27.9 Å². The lowest BCUT2D eigenvalue weighted by molar-refractivity contribution is -0.0136. The minimum atomic E-state index is -0.369. The standard InChI is InChI=1S/C6H12Cl2O/c1-6(2,3)9-5(8)4-7/h5H,4H2,1-3H3. The summed E-state index contributed by atoms with van der Waals surface area (Å²) in [6.07, 6.45) is 0. The van der Waals surface area contributed by atoms with Gasteiger partial charge in [-0.3, -0.25) is 0 Å². The average molecular weight is 171 g/mol. The molecule has 0 radical (unpaired) electrons. The van der Waals surface area contributed by atoms with Crippen LogP contribution in [0.4, 0.5) is 0 Å². The smallest absolute Gasteiger partial charge is 0.145 e. The quantitative estimate of drug-likeness (QED) is 0.580. The number of rotatable bonds is 2. The van der Waals surface area contributed by atoms with E-state index in [0.717, 1.165) is 0 Å². The predicted octanol–water partition coefficient (Wildman–Crippen LogP) is 2.61. The van der Waals surface area contributed by atoms with Crippen LogP contribution in [0.3, 0.4) is 0 Å². The van der Waals surface area contributed by atoms with Crippen molar-refractivity contribution < 1.29 is 4.74 Å². The highest BCUT2D eigenvalue weighted by molar-refractivity contribution is 6.27. The third kappa shape index (κ3) is 6.42. The molecule has 0 aliphatic rings. The molecule has 0 amide bonds. The van der Waals surface area contributed by atoms with Crippen molar-refractivity contribution in [3.05, 3.63) is 0 Å². The van der Waals surface area contributed by atoms with Crippen LogP contribution < -0.4 is 0 Å². The number of halogens is 2. The molecule has 0 saturated carbocycles. The maximum absolute atomic E-state index is 5.60. The second kappa shape index (κ2) is 3.65. The van der Waals surface area contributed by atoms with Gasteiger partial charge in [0, 0.05) is 0 Å². The molecule has 0 bridgehead atoms. The van der Waals surface area contributed by atoms with Crippen molar-refractivity contribution in [3.8, 4) is 0 Å². The summed E-state index contributed by atoms with van der Waals surface area (Å²) in [4.78, 5) is 0.